The molecule has 4 nitrogen and oxygen atoms in total. The third-order valence-electron chi connectivity index (χ3n) is 2.08. The summed E-state index contributed by atoms with van der Waals surface area (Å²) in [5.41, 5.74) is 0.142. The molecule has 0 radical (unpaired) electrons. The Morgan fingerprint density at radius 2 is 2.07 bits per heavy atom. The zero-order valence-electron chi connectivity index (χ0n) is 8.64. The van der Waals surface area contributed by atoms with E-state index in [1.54, 1.807) is 38.1 Å². The van der Waals surface area contributed by atoms with Gasteiger partial charge in [-0.05, 0) is 31.5 Å². The lowest BCUT2D eigenvalue weighted by Gasteiger charge is -2.16. The summed E-state index contributed by atoms with van der Waals surface area (Å²) in [7, 11) is -1.84. The third-order valence-corrected chi connectivity index (χ3v) is 2.08. The molecule has 0 fully saturated rings. The van der Waals surface area contributed by atoms with Crippen molar-refractivity contribution in [2.75, 3.05) is 0 Å². The Hall–Kier alpha value is -1.51. The lowest BCUT2D eigenvalue weighted by Crippen LogP contribution is -2.21. The van der Waals surface area contributed by atoms with E-state index in [9.17, 15) is 0 Å². The Kier molecular flexibility index (Phi) is 3.35. The summed E-state index contributed by atoms with van der Waals surface area (Å²) in [5, 5.41) is 26.2. The Labute approximate surface area is 88.9 Å². The fraction of sp³-hybridized carbons (Fsp3) is 0.300. The molecule has 2 N–H and O–H groups in total. The molecule has 1 aromatic carbocycles. The molecule has 0 aliphatic rings. The van der Waals surface area contributed by atoms with Gasteiger partial charge in [-0.1, -0.05) is 12.1 Å². The van der Waals surface area contributed by atoms with Gasteiger partial charge in [0.2, 0.25) is 0 Å². The van der Waals surface area contributed by atoms with Gasteiger partial charge in [-0.25, -0.2) is 0 Å². The SMILES string of the molecule is CC(C)(C#N)c1cccc(OB(O)O)c1. The van der Waals surface area contributed by atoms with Crippen molar-refractivity contribution in [2.24, 2.45) is 0 Å². The highest BCUT2D eigenvalue weighted by atomic mass is 16.6. The van der Waals surface area contributed by atoms with Gasteiger partial charge in [-0.3, -0.25) is 0 Å². The highest BCUT2D eigenvalue weighted by Gasteiger charge is 2.20. The van der Waals surface area contributed by atoms with Crippen molar-refractivity contribution < 1.29 is 14.7 Å². The van der Waals surface area contributed by atoms with Crippen molar-refractivity contribution in [3.63, 3.8) is 0 Å². The summed E-state index contributed by atoms with van der Waals surface area (Å²) in [6, 6.07) is 8.86. The van der Waals surface area contributed by atoms with Crippen molar-refractivity contribution >= 4 is 7.32 Å². The Bertz CT molecular complexity index is 384. The molecule has 0 aliphatic heterocycles. The first-order valence-electron chi connectivity index (χ1n) is 4.50. The second-order valence-corrected chi connectivity index (χ2v) is 3.71. The minimum Gasteiger partial charge on any atom is -0.512 e. The van der Waals surface area contributed by atoms with E-state index >= 15 is 0 Å². The van der Waals surface area contributed by atoms with E-state index in [0.29, 0.717) is 5.75 Å². The number of hydrogen-bond donors (Lipinski definition) is 2. The largest absolute Gasteiger partial charge is 0.707 e. The minimum atomic E-state index is -1.84. The quantitative estimate of drug-likeness (QED) is 0.717. The molecule has 0 saturated heterocycles. The van der Waals surface area contributed by atoms with Crippen molar-refractivity contribution in [3.8, 4) is 11.8 Å². The first-order valence-corrected chi connectivity index (χ1v) is 4.50. The molecule has 0 heterocycles. The van der Waals surface area contributed by atoms with E-state index in [0.717, 1.165) is 5.56 Å². The van der Waals surface area contributed by atoms with Crippen LogP contribution in [0, 0.1) is 11.3 Å². The van der Waals surface area contributed by atoms with Crippen molar-refractivity contribution in [3.05, 3.63) is 29.8 Å². The molecule has 0 aromatic heterocycles. The van der Waals surface area contributed by atoms with Crippen molar-refractivity contribution in [1.29, 1.82) is 5.26 Å². The molecule has 0 saturated carbocycles. The number of benzene rings is 1. The van der Waals surface area contributed by atoms with Gasteiger partial charge in [0, 0.05) is 0 Å². The smallest absolute Gasteiger partial charge is 0.512 e. The Balaban J connectivity index is 2.99. The van der Waals surface area contributed by atoms with Crippen LogP contribution in [-0.2, 0) is 5.41 Å². The monoisotopic (exact) mass is 205 g/mol. The molecule has 0 unspecified atom stereocenters. The van der Waals surface area contributed by atoms with Gasteiger partial charge in [0.1, 0.15) is 5.75 Å². The molecule has 0 spiro atoms. The lowest BCUT2D eigenvalue weighted by molar-refractivity contribution is 0.288. The maximum atomic E-state index is 8.93. The van der Waals surface area contributed by atoms with Gasteiger partial charge in [0.05, 0.1) is 11.5 Å². The average molecular weight is 205 g/mol. The van der Waals surface area contributed by atoms with Crippen LogP contribution in [0.2, 0.25) is 0 Å². The molecule has 0 aliphatic carbocycles. The summed E-state index contributed by atoms with van der Waals surface area (Å²) >= 11 is 0. The number of hydrogen-bond acceptors (Lipinski definition) is 4. The Morgan fingerprint density at radius 3 is 2.60 bits per heavy atom. The van der Waals surface area contributed by atoms with Gasteiger partial charge in [-0.15, -0.1) is 0 Å². The van der Waals surface area contributed by atoms with E-state index in [1.807, 2.05) is 0 Å². The number of nitrogens with zero attached hydrogens (tertiary/aromatic N) is 1. The average Bonchev–Trinajstić information content (AvgIpc) is 2.17. The van der Waals surface area contributed by atoms with E-state index in [4.69, 9.17) is 20.0 Å². The van der Waals surface area contributed by atoms with E-state index in [2.05, 4.69) is 6.07 Å². The van der Waals surface area contributed by atoms with Crippen LogP contribution >= 0.6 is 0 Å². The predicted molar refractivity (Wildman–Crippen MR) is 55.9 cm³/mol. The van der Waals surface area contributed by atoms with Crippen LogP contribution in [0.5, 0.6) is 5.75 Å². The predicted octanol–water partition coefficient (Wildman–Crippen LogP) is 0.836. The zero-order chi connectivity index (χ0) is 11.5. The minimum absolute atomic E-state index is 0.325. The summed E-state index contributed by atoms with van der Waals surface area (Å²) in [6.07, 6.45) is 0. The van der Waals surface area contributed by atoms with E-state index in [-0.39, 0.29) is 0 Å². The van der Waals surface area contributed by atoms with Crippen LogP contribution < -0.4 is 4.65 Å². The molecule has 0 bridgehead atoms. The van der Waals surface area contributed by atoms with Gasteiger partial charge in [0.25, 0.3) is 0 Å². The molecular weight excluding hydrogens is 193 g/mol. The highest BCUT2D eigenvalue weighted by Crippen LogP contribution is 2.25. The standard InChI is InChI=1S/C10H12BNO3/c1-10(2,7-12)8-4-3-5-9(6-8)15-11(13)14/h3-6,13-14H,1-2H3. The fourth-order valence-electron chi connectivity index (χ4n) is 1.14. The third kappa shape index (κ3) is 2.98. The molecule has 15 heavy (non-hydrogen) atoms. The highest BCUT2D eigenvalue weighted by molar-refractivity contribution is 6.33. The van der Waals surface area contributed by atoms with Gasteiger partial charge >= 0.3 is 7.32 Å². The van der Waals surface area contributed by atoms with Crippen LogP contribution in [-0.4, -0.2) is 17.4 Å². The maximum Gasteiger partial charge on any atom is 0.707 e. The molecule has 1 aromatic rings. The topological polar surface area (TPSA) is 73.5 Å². The molecule has 1 rings (SSSR count). The van der Waals surface area contributed by atoms with Crippen LogP contribution in [0.1, 0.15) is 19.4 Å². The molecule has 0 atom stereocenters. The van der Waals surface area contributed by atoms with Gasteiger partial charge in [-0.2, -0.15) is 5.26 Å². The maximum absolute atomic E-state index is 8.93. The van der Waals surface area contributed by atoms with Crippen LogP contribution in [0.25, 0.3) is 0 Å². The Morgan fingerprint density at radius 1 is 1.40 bits per heavy atom. The number of nitriles is 1. The van der Waals surface area contributed by atoms with Gasteiger partial charge < -0.3 is 14.7 Å². The van der Waals surface area contributed by atoms with E-state index in [1.165, 1.54) is 0 Å². The van der Waals surface area contributed by atoms with Gasteiger partial charge in [0.15, 0.2) is 0 Å². The summed E-state index contributed by atoms with van der Waals surface area (Å²) in [4.78, 5) is 0. The number of rotatable bonds is 3. The summed E-state index contributed by atoms with van der Waals surface area (Å²) in [5.74, 6) is 0.325. The first kappa shape index (κ1) is 11.6. The lowest BCUT2D eigenvalue weighted by atomic mass is 9.86. The molecule has 5 heteroatoms. The molecule has 0 amide bonds. The van der Waals surface area contributed by atoms with Crippen molar-refractivity contribution in [1.82, 2.24) is 0 Å². The zero-order valence-corrected chi connectivity index (χ0v) is 8.64. The summed E-state index contributed by atoms with van der Waals surface area (Å²) < 4.78 is 4.70. The first-order chi connectivity index (χ1) is 6.95. The normalized spacial score (nSPS) is 10.6. The molecular formula is C10H12BNO3. The fourth-order valence-corrected chi connectivity index (χ4v) is 1.14. The molecule has 78 valence electrons. The van der Waals surface area contributed by atoms with Crippen LogP contribution in [0.15, 0.2) is 24.3 Å². The second kappa shape index (κ2) is 4.34. The summed E-state index contributed by atoms with van der Waals surface area (Å²) in [6.45, 7) is 3.56. The van der Waals surface area contributed by atoms with Crippen LogP contribution in [0.4, 0.5) is 0 Å². The van der Waals surface area contributed by atoms with E-state index < -0.39 is 12.7 Å². The van der Waals surface area contributed by atoms with Crippen molar-refractivity contribution in [2.45, 2.75) is 19.3 Å². The van der Waals surface area contributed by atoms with Crippen LogP contribution in [0.3, 0.4) is 0 Å². The second-order valence-electron chi connectivity index (χ2n) is 3.71.